The van der Waals surface area contributed by atoms with Crippen LogP contribution in [0.4, 0.5) is 10.1 Å². The van der Waals surface area contributed by atoms with Gasteiger partial charge in [-0.15, -0.1) is 0 Å². The molecule has 3 rings (SSSR count). The fourth-order valence-corrected chi connectivity index (χ4v) is 2.78. The molecule has 0 saturated heterocycles. The quantitative estimate of drug-likeness (QED) is 0.866. The molecule has 0 amide bonds. The maximum absolute atomic E-state index is 13.4. The third kappa shape index (κ3) is 4.31. The van der Waals surface area contributed by atoms with Crippen LogP contribution in [0.2, 0.25) is 0 Å². The molecule has 0 fully saturated rings. The summed E-state index contributed by atoms with van der Waals surface area (Å²) in [6.07, 6.45) is 4.07. The van der Waals surface area contributed by atoms with Gasteiger partial charge in [-0.25, -0.2) is 4.39 Å². The minimum absolute atomic E-state index is 0.0130. The molecule has 4 nitrogen and oxygen atoms in total. The van der Waals surface area contributed by atoms with Crippen molar-refractivity contribution in [2.75, 3.05) is 18.2 Å². The molecule has 0 unspecified atom stereocenters. The van der Waals surface area contributed by atoms with Crippen molar-refractivity contribution < 1.29 is 9.13 Å². The minimum Gasteiger partial charge on any atom is -0.492 e. The number of halogens is 1. The first-order valence-electron chi connectivity index (χ1n) is 8.47. The standard InChI is InChI=1S/C20H24FN3O/c1-15(22)13-25-20-8-6-19(7-9-20)24-11-10-23(14-24)16(2)17-4-3-5-18(21)12-17/h3-12,15-16H,13-14,22H2,1-2H3/t15-,16-/m1/s1. The van der Waals surface area contributed by atoms with Gasteiger partial charge in [0.1, 0.15) is 18.2 Å². The molecular weight excluding hydrogens is 317 g/mol. The average Bonchev–Trinajstić information content (AvgIpc) is 3.10. The summed E-state index contributed by atoms with van der Waals surface area (Å²) in [5.74, 6) is 0.612. The fourth-order valence-electron chi connectivity index (χ4n) is 2.78. The van der Waals surface area contributed by atoms with Gasteiger partial charge in [-0.1, -0.05) is 12.1 Å². The Hall–Kier alpha value is -2.53. The van der Waals surface area contributed by atoms with E-state index in [2.05, 4.69) is 16.7 Å². The number of anilines is 1. The Morgan fingerprint density at radius 2 is 1.88 bits per heavy atom. The lowest BCUT2D eigenvalue weighted by Crippen LogP contribution is -2.27. The summed E-state index contributed by atoms with van der Waals surface area (Å²) in [7, 11) is 0. The van der Waals surface area contributed by atoms with Gasteiger partial charge in [-0.05, 0) is 55.8 Å². The Morgan fingerprint density at radius 3 is 2.56 bits per heavy atom. The molecule has 0 aromatic heterocycles. The predicted octanol–water partition coefficient (Wildman–Crippen LogP) is 3.86. The summed E-state index contributed by atoms with van der Waals surface area (Å²) >= 11 is 0. The zero-order chi connectivity index (χ0) is 17.8. The maximum Gasteiger partial charge on any atom is 0.123 e. The van der Waals surface area contributed by atoms with Crippen LogP contribution < -0.4 is 15.4 Å². The van der Waals surface area contributed by atoms with Crippen LogP contribution in [0.3, 0.4) is 0 Å². The third-order valence-electron chi connectivity index (χ3n) is 4.26. The molecule has 0 spiro atoms. The van der Waals surface area contributed by atoms with Crippen molar-refractivity contribution in [2.45, 2.75) is 25.9 Å². The van der Waals surface area contributed by atoms with Crippen LogP contribution in [0.25, 0.3) is 0 Å². The topological polar surface area (TPSA) is 41.7 Å². The van der Waals surface area contributed by atoms with Gasteiger partial charge in [0.25, 0.3) is 0 Å². The molecule has 0 radical (unpaired) electrons. The Balaban J connectivity index is 1.62. The molecule has 2 aromatic carbocycles. The molecule has 0 bridgehead atoms. The second kappa shape index (κ2) is 7.57. The van der Waals surface area contributed by atoms with Gasteiger partial charge in [0.05, 0.1) is 12.7 Å². The normalized spacial score (nSPS) is 16.2. The molecule has 2 atom stereocenters. The lowest BCUT2D eigenvalue weighted by Gasteiger charge is -2.27. The van der Waals surface area contributed by atoms with E-state index in [0.29, 0.717) is 6.61 Å². The molecule has 0 saturated carbocycles. The molecule has 25 heavy (non-hydrogen) atoms. The SMILES string of the molecule is C[C@H](c1cccc(F)c1)N1C=CN(c2ccc(OC[C@@H](C)N)cc2)C1. The molecule has 0 aliphatic carbocycles. The zero-order valence-electron chi connectivity index (χ0n) is 14.6. The molecule has 1 aliphatic heterocycles. The van der Waals surface area contributed by atoms with Crippen LogP contribution in [0.1, 0.15) is 25.5 Å². The minimum atomic E-state index is -0.202. The second-order valence-electron chi connectivity index (χ2n) is 6.44. The van der Waals surface area contributed by atoms with Crippen molar-refractivity contribution >= 4 is 5.69 Å². The van der Waals surface area contributed by atoms with E-state index in [1.165, 1.54) is 6.07 Å². The highest BCUT2D eigenvalue weighted by molar-refractivity contribution is 5.52. The number of benzene rings is 2. The molecule has 1 heterocycles. The highest BCUT2D eigenvalue weighted by Crippen LogP contribution is 2.28. The first-order chi connectivity index (χ1) is 12.0. The summed E-state index contributed by atoms with van der Waals surface area (Å²) in [5.41, 5.74) is 7.75. The van der Waals surface area contributed by atoms with Crippen LogP contribution >= 0.6 is 0 Å². The largest absolute Gasteiger partial charge is 0.492 e. The Bertz CT molecular complexity index is 730. The van der Waals surface area contributed by atoms with Crippen molar-refractivity contribution in [3.05, 3.63) is 72.3 Å². The third-order valence-corrected chi connectivity index (χ3v) is 4.26. The van der Waals surface area contributed by atoms with E-state index < -0.39 is 0 Å². The highest BCUT2D eigenvalue weighted by Gasteiger charge is 2.20. The van der Waals surface area contributed by atoms with Crippen LogP contribution in [-0.2, 0) is 0 Å². The average molecular weight is 341 g/mol. The molecule has 5 heteroatoms. The van der Waals surface area contributed by atoms with E-state index in [0.717, 1.165) is 23.7 Å². The Morgan fingerprint density at radius 1 is 1.12 bits per heavy atom. The van der Waals surface area contributed by atoms with E-state index in [9.17, 15) is 4.39 Å². The maximum atomic E-state index is 13.4. The molecule has 132 valence electrons. The summed E-state index contributed by atoms with van der Waals surface area (Å²) in [6.45, 7) is 5.21. The van der Waals surface area contributed by atoms with Gasteiger partial charge in [0, 0.05) is 24.1 Å². The number of ether oxygens (including phenoxy) is 1. The van der Waals surface area contributed by atoms with Gasteiger partial charge in [-0.3, -0.25) is 0 Å². The first-order valence-corrected chi connectivity index (χ1v) is 8.47. The summed E-state index contributed by atoms with van der Waals surface area (Å²) in [4.78, 5) is 4.32. The molecule has 2 aromatic rings. The van der Waals surface area contributed by atoms with Crippen molar-refractivity contribution in [3.63, 3.8) is 0 Å². The van der Waals surface area contributed by atoms with Crippen molar-refractivity contribution in [3.8, 4) is 5.75 Å². The smallest absolute Gasteiger partial charge is 0.123 e. The van der Waals surface area contributed by atoms with E-state index in [1.807, 2.05) is 49.7 Å². The Labute approximate surface area is 148 Å². The van der Waals surface area contributed by atoms with E-state index in [1.54, 1.807) is 12.1 Å². The van der Waals surface area contributed by atoms with E-state index in [-0.39, 0.29) is 17.9 Å². The van der Waals surface area contributed by atoms with Gasteiger partial charge < -0.3 is 20.3 Å². The van der Waals surface area contributed by atoms with Crippen LogP contribution in [-0.4, -0.2) is 24.2 Å². The highest BCUT2D eigenvalue weighted by atomic mass is 19.1. The van der Waals surface area contributed by atoms with Crippen molar-refractivity contribution in [1.82, 2.24) is 4.90 Å². The number of nitrogens with two attached hydrogens (primary N) is 1. The summed E-state index contributed by atoms with van der Waals surface area (Å²) in [5, 5.41) is 0. The van der Waals surface area contributed by atoms with Crippen LogP contribution in [0.15, 0.2) is 60.9 Å². The second-order valence-corrected chi connectivity index (χ2v) is 6.44. The van der Waals surface area contributed by atoms with Gasteiger partial charge in [-0.2, -0.15) is 0 Å². The van der Waals surface area contributed by atoms with Crippen LogP contribution in [0.5, 0.6) is 5.75 Å². The number of hydrogen-bond acceptors (Lipinski definition) is 4. The number of nitrogens with zero attached hydrogens (tertiary/aromatic N) is 2. The van der Waals surface area contributed by atoms with E-state index in [4.69, 9.17) is 10.5 Å². The predicted molar refractivity (Wildman–Crippen MR) is 98.7 cm³/mol. The lowest BCUT2D eigenvalue weighted by molar-refractivity contribution is 0.296. The van der Waals surface area contributed by atoms with Gasteiger partial charge in [0.2, 0.25) is 0 Å². The summed E-state index contributed by atoms with van der Waals surface area (Å²) < 4.78 is 19.0. The van der Waals surface area contributed by atoms with Gasteiger partial charge in [0.15, 0.2) is 0 Å². The number of hydrogen-bond donors (Lipinski definition) is 1. The van der Waals surface area contributed by atoms with Crippen molar-refractivity contribution in [1.29, 1.82) is 0 Å². The van der Waals surface area contributed by atoms with E-state index >= 15 is 0 Å². The monoisotopic (exact) mass is 341 g/mol. The Kier molecular flexibility index (Phi) is 5.24. The lowest BCUT2D eigenvalue weighted by atomic mass is 10.1. The van der Waals surface area contributed by atoms with Gasteiger partial charge >= 0.3 is 0 Å². The van der Waals surface area contributed by atoms with Crippen LogP contribution in [0, 0.1) is 5.82 Å². The number of rotatable bonds is 6. The molecule has 2 N–H and O–H groups in total. The van der Waals surface area contributed by atoms with Crippen molar-refractivity contribution in [2.24, 2.45) is 5.73 Å². The molecular formula is C20H24FN3O. The fraction of sp³-hybridized carbons (Fsp3) is 0.300. The first kappa shape index (κ1) is 17.3. The summed E-state index contributed by atoms with van der Waals surface area (Å²) in [6, 6.07) is 14.8. The zero-order valence-corrected chi connectivity index (χ0v) is 14.6. The molecule has 1 aliphatic rings.